The van der Waals surface area contributed by atoms with Crippen molar-refractivity contribution in [1.29, 1.82) is 0 Å². The summed E-state index contributed by atoms with van der Waals surface area (Å²) in [6, 6.07) is 0. The van der Waals surface area contributed by atoms with Crippen LogP contribution in [0.5, 0.6) is 0 Å². The van der Waals surface area contributed by atoms with Crippen molar-refractivity contribution in [2.24, 2.45) is 5.92 Å². The molecule has 0 aromatic carbocycles. The fourth-order valence-electron chi connectivity index (χ4n) is 0.950. The van der Waals surface area contributed by atoms with Crippen LogP contribution in [-0.2, 0) is 6.54 Å². The number of nitrogens with one attached hydrogen (secondary N) is 1. The van der Waals surface area contributed by atoms with Crippen molar-refractivity contribution < 1.29 is 0 Å². The number of anilines is 1. The van der Waals surface area contributed by atoms with Gasteiger partial charge in [-0.05, 0) is 12.8 Å². The van der Waals surface area contributed by atoms with Crippen molar-refractivity contribution in [2.75, 3.05) is 11.9 Å². The number of nitrogens with zero attached hydrogens (tertiary/aromatic N) is 2. The van der Waals surface area contributed by atoms with Crippen molar-refractivity contribution in [1.82, 2.24) is 9.78 Å². The van der Waals surface area contributed by atoms with E-state index in [9.17, 15) is 0 Å². The molecule has 0 unspecified atom stereocenters. The van der Waals surface area contributed by atoms with Gasteiger partial charge in [0.05, 0.1) is 11.9 Å². The monoisotopic (exact) mass is 239 g/mol. The molecule has 84 valence electrons. The molecule has 0 fully saturated rings. The molecule has 0 spiro atoms. The molecule has 0 aliphatic carbocycles. The highest BCUT2D eigenvalue weighted by atomic mass is 35.5. The zero-order valence-corrected chi connectivity index (χ0v) is 10.5. The highest BCUT2D eigenvalue weighted by Gasteiger charge is 1.97. The average Bonchev–Trinajstić information content (AvgIpc) is 2.48. The lowest BCUT2D eigenvalue weighted by Crippen LogP contribution is -2.07. The maximum absolute atomic E-state index is 4.17. The van der Waals surface area contributed by atoms with Gasteiger partial charge in [-0.3, -0.25) is 4.68 Å². The Morgan fingerprint density at radius 3 is 2.50 bits per heavy atom. The van der Waals surface area contributed by atoms with Crippen molar-refractivity contribution in [3.8, 4) is 0 Å². The Balaban J connectivity index is 0. The van der Waals surface area contributed by atoms with Crippen LogP contribution in [0.25, 0.3) is 0 Å². The van der Waals surface area contributed by atoms with Crippen LogP contribution in [0.15, 0.2) is 12.4 Å². The van der Waals surface area contributed by atoms with E-state index >= 15 is 0 Å². The molecule has 1 heterocycles. The van der Waals surface area contributed by atoms with E-state index in [2.05, 4.69) is 31.2 Å². The Morgan fingerprint density at radius 1 is 1.43 bits per heavy atom. The molecule has 3 nitrogen and oxygen atoms in total. The fraction of sp³-hybridized carbons (Fsp3) is 0.667. The van der Waals surface area contributed by atoms with Gasteiger partial charge < -0.3 is 5.32 Å². The first-order chi connectivity index (χ1) is 5.72. The Kier molecular flexibility index (Phi) is 9.10. The van der Waals surface area contributed by atoms with Crippen LogP contribution < -0.4 is 5.32 Å². The number of hydrogen-bond acceptors (Lipinski definition) is 2. The van der Waals surface area contributed by atoms with Crippen LogP contribution in [0.1, 0.15) is 20.8 Å². The summed E-state index contributed by atoms with van der Waals surface area (Å²) in [5.41, 5.74) is 1.12. The Hall–Kier alpha value is -0.410. The van der Waals surface area contributed by atoms with Crippen LogP contribution in [0, 0.1) is 5.92 Å². The summed E-state index contributed by atoms with van der Waals surface area (Å²) in [6.45, 7) is 8.41. The Bertz CT molecular complexity index is 236. The zero-order chi connectivity index (χ0) is 8.97. The average molecular weight is 240 g/mol. The van der Waals surface area contributed by atoms with Crippen molar-refractivity contribution in [3.05, 3.63) is 12.4 Å². The summed E-state index contributed by atoms with van der Waals surface area (Å²) in [5, 5.41) is 7.48. The van der Waals surface area contributed by atoms with Crippen molar-refractivity contribution >= 4 is 30.5 Å². The molecule has 5 heteroatoms. The summed E-state index contributed by atoms with van der Waals surface area (Å²) in [5.74, 6) is 0.676. The van der Waals surface area contributed by atoms with E-state index in [1.807, 2.05) is 17.1 Å². The van der Waals surface area contributed by atoms with Gasteiger partial charge in [0.15, 0.2) is 0 Å². The number of halogens is 2. The summed E-state index contributed by atoms with van der Waals surface area (Å²) in [7, 11) is 0. The molecular formula is C9H19Cl2N3. The van der Waals surface area contributed by atoms with Crippen LogP contribution in [-0.4, -0.2) is 16.3 Å². The lowest BCUT2D eigenvalue weighted by molar-refractivity contribution is 0.659. The predicted octanol–water partition coefficient (Wildman–Crippen LogP) is 2.81. The van der Waals surface area contributed by atoms with Gasteiger partial charge >= 0.3 is 0 Å². The maximum atomic E-state index is 4.17. The largest absolute Gasteiger partial charge is 0.382 e. The predicted molar refractivity (Wildman–Crippen MR) is 65.7 cm³/mol. The molecule has 0 saturated heterocycles. The summed E-state index contributed by atoms with van der Waals surface area (Å²) < 4.78 is 1.92. The number of rotatable bonds is 4. The van der Waals surface area contributed by atoms with Crippen LogP contribution in [0.2, 0.25) is 0 Å². The van der Waals surface area contributed by atoms with Crippen LogP contribution >= 0.6 is 24.8 Å². The van der Waals surface area contributed by atoms with Crippen molar-refractivity contribution in [2.45, 2.75) is 27.3 Å². The highest BCUT2D eigenvalue weighted by molar-refractivity contribution is 5.85. The molecule has 1 aromatic heterocycles. The van der Waals surface area contributed by atoms with E-state index < -0.39 is 0 Å². The standard InChI is InChI=1S/C9H17N3.2ClH/c1-4-12-7-9(6-11-12)10-5-8(2)3;;/h6-8,10H,4-5H2,1-3H3;2*1H. The smallest absolute Gasteiger partial charge is 0.0726 e. The normalized spacial score (nSPS) is 9.14. The fourth-order valence-corrected chi connectivity index (χ4v) is 0.950. The Labute approximate surface area is 98.1 Å². The van der Waals surface area contributed by atoms with Gasteiger partial charge in [0.2, 0.25) is 0 Å². The summed E-state index contributed by atoms with van der Waals surface area (Å²) >= 11 is 0. The Morgan fingerprint density at radius 2 is 2.07 bits per heavy atom. The van der Waals surface area contributed by atoms with Gasteiger partial charge in [-0.2, -0.15) is 5.10 Å². The van der Waals surface area contributed by atoms with E-state index in [0.717, 1.165) is 18.8 Å². The molecule has 0 amide bonds. The molecule has 0 bridgehead atoms. The number of aromatic nitrogens is 2. The van der Waals surface area contributed by atoms with Gasteiger partial charge in [0.1, 0.15) is 0 Å². The van der Waals surface area contributed by atoms with E-state index in [1.165, 1.54) is 0 Å². The van der Waals surface area contributed by atoms with Gasteiger partial charge in [-0.15, -0.1) is 24.8 Å². The van der Waals surface area contributed by atoms with E-state index in [0.29, 0.717) is 5.92 Å². The summed E-state index contributed by atoms with van der Waals surface area (Å²) in [6.07, 6.45) is 3.90. The molecule has 1 aromatic rings. The molecule has 1 rings (SSSR count). The van der Waals surface area contributed by atoms with Crippen LogP contribution in [0.3, 0.4) is 0 Å². The quantitative estimate of drug-likeness (QED) is 0.876. The minimum absolute atomic E-state index is 0. The summed E-state index contributed by atoms with van der Waals surface area (Å²) in [4.78, 5) is 0. The maximum Gasteiger partial charge on any atom is 0.0726 e. The van der Waals surface area contributed by atoms with E-state index in [4.69, 9.17) is 0 Å². The number of hydrogen-bond donors (Lipinski definition) is 1. The number of aryl methyl sites for hydroxylation is 1. The first-order valence-electron chi connectivity index (χ1n) is 4.48. The molecule has 0 radical (unpaired) electrons. The van der Waals surface area contributed by atoms with E-state index in [1.54, 1.807) is 0 Å². The lowest BCUT2D eigenvalue weighted by Gasteiger charge is -2.05. The molecular weight excluding hydrogens is 221 g/mol. The first kappa shape index (κ1) is 16.0. The molecule has 0 aliphatic heterocycles. The first-order valence-corrected chi connectivity index (χ1v) is 4.48. The second-order valence-electron chi connectivity index (χ2n) is 3.36. The molecule has 0 atom stereocenters. The second-order valence-corrected chi connectivity index (χ2v) is 3.36. The minimum Gasteiger partial charge on any atom is -0.382 e. The SMILES string of the molecule is CCn1cc(NCC(C)C)cn1.Cl.Cl. The third-order valence-electron chi connectivity index (χ3n) is 1.67. The third kappa shape index (κ3) is 5.35. The van der Waals surface area contributed by atoms with Gasteiger partial charge in [0, 0.05) is 19.3 Å². The van der Waals surface area contributed by atoms with E-state index in [-0.39, 0.29) is 24.8 Å². The van der Waals surface area contributed by atoms with Gasteiger partial charge in [-0.25, -0.2) is 0 Å². The highest BCUT2D eigenvalue weighted by Crippen LogP contribution is 2.05. The zero-order valence-electron chi connectivity index (χ0n) is 8.86. The topological polar surface area (TPSA) is 29.9 Å². The van der Waals surface area contributed by atoms with Gasteiger partial charge in [0.25, 0.3) is 0 Å². The molecule has 1 N–H and O–H groups in total. The van der Waals surface area contributed by atoms with Crippen LogP contribution in [0.4, 0.5) is 5.69 Å². The second kappa shape index (κ2) is 7.94. The third-order valence-corrected chi connectivity index (χ3v) is 1.67. The van der Waals surface area contributed by atoms with Gasteiger partial charge in [-0.1, -0.05) is 13.8 Å². The minimum atomic E-state index is 0. The van der Waals surface area contributed by atoms with Crippen molar-refractivity contribution in [3.63, 3.8) is 0 Å². The molecule has 0 aliphatic rings. The molecule has 14 heavy (non-hydrogen) atoms. The lowest BCUT2D eigenvalue weighted by atomic mass is 10.2. The molecule has 0 saturated carbocycles.